The Bertz CT molecular complexity index is 763. The summed E-state index contributed by atoms with van der Waals surface area (Å²) in [6.07, 6.45) is 2.61. The highest BCUT2D eigenvalue weighted by Gasteiger charge is 2.36. The maximum Gasteiger partial charge on any atom is 0.254 e. The van der Waals surface area contributed by atoms with E-state index >= 15 is 0 Å². The Kier molecular flexibility index (Phi) is 4.29. The van der Waals surface area contributed by atoms with Crippen molar-refractivity contribution in [1.82, 2.24) is 19.9 Å². The summed E-state index contributed by atoms with van der Waals surface area (Å²) in [5.74, 6) is 1.80. The number of amides is 2. The first-order valence-corrected chi connectivity index (χ1v) is 9.45. The number of rotatable bonds is 6. The van der Waals surface area contributed by atoms with Crippen LogP contribution in [0, 0.1) is 5.92 Å². The predicted octanol–water partition coefficient (Wildman–Crippen LogP) is 1.78. The van der Waals surface area contributed by atoms with E-state index in [1.807, 2.05) is 23.9 Å². The molecule has 0 atom stereocenters. The van der Waals surface area contributed by atoms with Gasteiger partial charge in [0.1, 0.15) is 0 Å². The van der Waals surface area contributed by atoms with E-state index in [4.69, 9.17) is 4.52 Å². The summed E-state index contributed by atoms with van der Waals surface area (Å²) in [7, 11) is 1.82. The van der Waals surface area contributed by atoms with E-state index in [9.17, 15) is 9.59 Å². The van der Waals surface area contributed by atoms with Gasteiger partial charge in [0.05, 0.1) is 11.5 Å². The highest BCUT2D eigenvalue weighted by molar-refractivity contribution is 7.08. The molecule has 1 saturated heterocycles. The number of carbonyl (C=O) groups is 2. The maximum absolute atomic E-state index is 12.2. The number of aromatic nitrogens is 2. The van der Waals surface area contributed by atoms with E-state index in [0.29, 0.717) is 37.8 Å². The predicted molar refractivity (Wildman–Crippen MR) is 91.3 cm³/mol. The molecule has 0 aromatic carbocycles. The third-order valence-electron chi connectivity index (χ3n) is 4.74. The van der Waals surface area contributed by atoms with E-state index < -0.39 is 0 Å². The van der Waals surface area contributed by atoms with Crippen LogP contribution in [0.5, 0.6) is 0 Å². The fourth-order valence-corrected chi connectivity index (χ4v) is 3.55. The molecule has 132 valence electrons. The van der Waals surface area contributed by atoms with Gasteiger partial charge >= 0.3 is 0 Å². The molecule has 0 unspecified atom stereocenters. The van der Waals surface area contributed by atoms with Crippen LogP contribution in [0.25, 0.3) is 0 Å². The van der Waals surface area contributed by atoms with Crippen molar-refractivity contribution in [3.8, 4) is 0 Å². The van der Waals surface area contributed by atoms with Gasteiger partial charge in [-0.1, -0.05) is 5.16 Å². The van der Waals surface area contributed by atoms with Crippen molar-refractivity contribution in [2.24, 2.45) is 5.92 Å². The van der Waals surface area contributed by atoms with Gasteiger partial charge in [-0.05, 0) is 24.3 Å². The summed E-state index contributed by atoms with van der Waals surface area (Å²) < 4.78 is 5.34. The molecule has 1 saturated carbocycles. The van der Waals surface area contributed by atoms with Crippen molar-refractivity contribution in [3.63, 3.8) is 0 Å². The lowest BCUT2D eigenvalue weighted by molar-refractivity contribution is -0.131. The minimum atomic E-state index is 0.0532. The van der Waals surface area contributed by atoms with Crippen molar-refractivity contribution in [2.45, 2.75) is 25.2 Å². The van der Waals surface area contributed by atoms with Crippen molar-refractivity contribution in [2.75, 3.05) is 26.7 Å². The number of hydrogen-bond acceptors (Lipinski definition) is 6. The van der Waals surface area contributed by atoms with E-state index in [2.05, 4.69) is 10.1 Å². The van der Waals surface area contributed by atoms with Gasteiger partial charge in [0, 0.05) is 44.4 Å². The largest absolute Gasteiger partial charge is 0.345 e. The number of thiophene rings is 1. The van der Waals surface area contributed by atoms with Crippen LogP contribution >= 0.6 is 11.3 Å². The minimum Gasteiger partial charge on any atom is -0.345 e. The Hall–Kier alpha value is -2.22. The Morgan fingerprint density at radius 3 is 2.88 bits per heavy atom. The molecule has 7 nitrogen and oxygen atoms in total. The summed E-state index contributed by atoms with van der Waals surface area (Å²) in [5, 5.41) is 7.77. The molecule has 4 rings (SSSR count). The maximum atomic E-state index is 12.2. The molecule has 1 aliphatic heterocycles. The van der Waals surface area contributed by atoms with Crippen molar-refractivity contribution in [1.29, 1.82) is 0 Å². The zero-order valence-corrected chi connectivity index (χ0v) is 14.9. The van der Waals surface area contributed by atoms with Crippen LogP contribution < -0.4 is 0 Å². The van der Waals surface area contributed by atoms with E-state index in [0.717, 1.165) is 18.4 Å². The van der Waals surface area contributed by atoms with Crippen molar-refractivity contribution in [3.05, 3.63) is 34.1 Å². The fourth-order valence-electron chi connectivity index (χ4n) is 2.92. The van der Waals surface area contributed by atoms with Gasteiger partial charge in [0.15, 0.2) is 5.82 Å². The number of likely N-dealkylation sites (N-methyl/N-ethyl adjacent to an activating group) is 1. The van der Waals surface area contributed by atoms with Gasteiger partial charge < -0.3 is 14.3 Å². The van der Waals surface area contributed by atoms with Crippen molar-refractivity contribution >= 4 is 23.2 Å². The zero-order chi connectivity index (χ0) is 17.4. The van der Waals surface area contributed by atoms with Gasteiger partial charge in [-0.3, -0.25) is 9.59 Å². The average Bonchev–Trinajstić information content (AvgIpc) is 3.08. The summed E-state index contributed by atoms with van der Waals surface area (Å²) in [5.41, 5.74) is 0.734. The molecule has 3 heterocycles. The fraction of sp³-hybridized carbons (Fsp3) is 0.529. The SMILES string of the molecule is CN(CCc1noc(C2CN(C(=O)c3ccsc3)C2)n1)C(=O)C1CC1. The van der Waals surface area contributed by atoms with Crippen molar-refractivity contribution < 1.29 is 14.1 Å². The van der Waals surface area contributed by atoms with Crippen LogP contribution in [0.2, 0.25) is 0 Å². The molecule has 0 radical (unpaired) electrons. The Morgan fingerprint density at radius 1 is 1.40 bits per heavy atom. The molecule has 2 aliphatic rings. The van der Waals surface area contributed by atoms with Gasteiger partial charge in [0.25, 0.3) is 5.91 Å². The topological polar surface area (TPSA) is 79.5 Å². The molecule has 2 amide bonds. The normalized spacial score (nSPS) is 17.4. The minimum absolute atomic E-state index is 0.0532. The second kappa shape index (κ2) is 6.59. The third-order valence-corrected chi connectivity index (χ3v) is 5.43. The van der Waals surface area contributed by atoms with E-state index in [-0.39, 0.29) is 23.7 Å². The van der Waals surface area contributed by atoms with Gasteiger partial charge in [-0.2, -0.15) is 16.3 Å². The second-order valence-electron chi connectivity index (χ2n) is 6.75. The molecule has 8 heteroatoms. The Balaban J connectivity index is 1.26. The summed E-state index contributed by atoms with van der Waals surface area (Å²) in [6, 6.07) is 1.84. The number of carbonyl (C=O) groups excluding carboxylic acids is 2. The molecule has 25 heavy (non-hydrogen) atoms. The van der Waals surface area contributed by atoms with Crippen LogP contribution in [0.4, 0.5) is 0 Å². The zero-order valence-electron chi connectivity index (χ0n) is 14.1. The lowest BCUT2D eigenvalue weighted by Crippen LogP contribution is -2.48. The molecule has 0 N–H and O–H groups in total. The monoisotopic (exact) mass is 360 g/mol. The summed E-state index contributed by atoms with van der Waals surface area (Å²) >= 11 is 1.52. The van der Waals surface area contributed by atoms with Crippen LogP contribution in [-0.2, 0) is 11.2 Å². The van der Waals surface area contributed by atoms with Crippen LogP contribution in [0.3, 0.4) is 0 Å². The number of hydrogen-bond donors (Lipinski definition) is 0. The molecule has 2 fully saturated rings. The Morgan fingerprint density at radius 2 is 2.20 bits per heavy atom. The van der Waals surface area contributed by atoms with Crippen LogP contribution in [0.15, 0.2) is 21.3 Å². The molecule has 0 spiro atoms. The van der Waals surface area contributed by atoms with Crippen LogP contribution in [0.1, 0.15) is 40.8 Å². The average molecular weight is 360 g/mol. The standard InChI is InChI=1S/C17H20N4O3S/c1-20(16(22)11-2-3-11)6-4-14-18-15(24-19-14)13-8-21(9-13)17(23)12-5-7-25-10-12/h5,7,10-11,13H,2-4,6,8-9H2,1H3. The van der Waals surface area contributed by atoms with E-state index in [1.165, 1.54) is 11.3 Å². The smallest absolute Gasteiger partial charge is 0.254 e. The molecule has 0 bridgehead atoms. The highest BCUT2D eigenvalue weighted by Crippen LogP contribution is 2.30. The lowest BCUT2D eigenvalue weighted by Gasteiger charge is -2.36. The first-order valence-electron chi connectivity index (χ1n) is 8.50. The third kappa shape index (κ3) is 3.44. The molecule has 1 aliphatic carbocycles. The molecule has 2 aromatic rings. The second-order valence-corrected chi connectivity index (χ2v) is 7.53. The molecular formula is C17H20N4O3S. The highest BCUT2D eigenvalue weighted by atomic mass is 32.1. The lowest BCUT2D eigenvalue weighted by atomic mass is 9.99. The van der Waals surface area contributed by atoms with Gasteiger partial charge in [0.2, 0.25) is 11.8 Å². The van der Waals surface area contributed by atoms with Gasteiger partial charge in [-0.25, -0.2) is 0 Å². The first-order chi connectivity index (χ1) is 12.1. The molecular weight excluding hydrogens is 340 g/mol. The number of nitrogens with zero attached hydrogens (tertiary/aromatic N) is 4. The van der Waals surface area contributed by atoms with Gasteiger partial charge in [-0.15, -0.1) is 0 Å². The van der Waals surface area contributed by atoms with Crippen LogP contribution in [-0.4, -0.2) is 58.4 Å². The Labute approximate surface area is 149 Å². The van der Waals surface area contributed by atoms with E-state index in [1.54, 1.807) is 9.80 Å². The quantitative estimate of drug-likeness (QED) is 0.784. The summed E-state index contributed by atoms with van der Waals surface area (Å²) in [6.45, 7) is 1.81. The first kappa shape index (κ1) is 16.3. The summed E-state index contributed by atoms with van der Waals surface area (Å²) in [4.78, 5) is 32.1. The molecule has 2 aromatic heterocycles. The number of likely N-dealkylation sites (tertiary alicyclic amines) is 1.